The highest BCUT2D eigenvalue weighted by molar-refractivity contribution is 6.30. The second-order valence-corrected chi connectivity index (χ2v) is 3.85. The van der Waals surface area contributed by atoms with Crippen LogP contribution in [0.5, 0.6) is 0 Å². The van der Waals surface area contributed by atoms with Gasteiger partial charge in [0.25, 0.3) is 0 Å². The number of methoxy groups -OCH3 is 1. The van der Waals surface area contributed by atoms with E-state index in [-0.39, 0.29) is 16.5 Å². The number of hydrogen-bond acceptors (Lipinski definition) is 4. The molecule has 0 unspecified atom stereocenters. The highest BCUT2D eigenvalue weighted by atomic mass is 35.5. The van der Waals surface area contributed by atoms with Gasteiger partial charge in [-0.3, -0.25) is 4.57 Å². The lowest BCUT2D eigenvalue weighted by Crippen LogP contribution is -2.07. The van der Waals surface area contributed by atoms with Crippen molar-refractivity contribution in [2.75, 3.05) is 12.8 Å². The number of anilines is 1. The standard InChI is InChI=1S/C11H9ClFN3O2/c1-18-11(17)9-10(14)16(5-15-9)6-2-3-7(12)8(13)4-6/h2-5H,14H2,1H3. The van der Waals surface area contributed by atoms with Crippen LogP contribution in [0.1, 0.15) is 10.5 Å². The molecule has 0 amide bonds. The third-order valence-electron chi connectivity index (χ3n) is 2.36. The Morgan fingerprint density at radius 2 is 2.28 bits per heavy atom. The number of nitrogens with zero attached hydrogens (tertiary/aromatic N) is 2. The number of esters is 1. The van der Waals surface area contributed by atoms with Gasteiger partial charge in [0, 0.05) is 0 Å². The monoisotopic (exact) mass is 269 g/mol. The lowest BCUT2D eigenvalue weighted by atomic mass is 10.3. The number of benzene rings is 1. The quantitative estimate of drug-likeness (QED) is 0.847. The molecule has 0 radical (unpaired) electrons. The SMILES string of the molecule is COC(=O)c1ncn(-c2ccc(Cl)c(F)c2)c1N. The highest BCUT2D eigenvalue weighted by Gasteiger charge is 2.17. The van der Waals surface area contributed by atoms with E-state index in [0.29, 0.717) is 5.69 Å². The summed E-state index contributed by atoms with van der Waals surface area (Å²) in [6.07, 6.45) is 1.31. The minimum atomic E-state index is -0.652. The van der Waals surface area contributed by atoms with Crippen molar-refractivity contribution in [1.29, 1.82) is 0 Å². The molecule has 1 aromatic heterocycles. The van der Waals surface area contributed by atoms with Gasteiger partial charge in [-0.25, -0.2) is 14.2 Å². The number of hydrogen-bond donors (Lipinski definition) is 1. The zero-order valence-electron chi connectivity index (χ0n) is 9.35. The summed E-state index contributed by atoms with van der Waals surface area (Å²) in [6.45, 7) is 0. The third-order valence-corrected chi connectivity index (χ3v) is 2.67. The van der Waals surface area contributed by atoms with E-state index in [4.69, 9.17) is 17.3 Å². The van der Waals surface area contributed by atoms with E-state index in [1.807, 2.05) is 0 Å². The summed E-state index contributed by atoms with van der Waals surface area (Å²) in [6, 6.07) is 4.15. The molecule has 0 saturated carbocycles. The summed E-state index contributed by atoms with van der Waals surface area (Å²) in [4.78, 5) is 15.1. The number of carbonyl (C=O) groups is 1. The maximum absolute atomic E-state index is 13.3. The molecule has 7 heteroatoms. The van der Waals surface area contributed by atoms with Gasteiger partial charge in [0.2, 0.25) is 0 Å². The van der Waals surface area contributed by atoms with Gasteiger partial charge >= 0.3 is 5.97 Å². The van der Waals surface area contributed by atoms with Crippen LogP contribution in [0.25, 0.3) is 5.69 Å². The van der Waals surface area contributed by atoms with E-state index in [9.17, 15) is 9.18 Å². The molecule has 0 saturated heterocycles. The Hall–Kier alpha value is -2.08. The van der Waals surface area contributed by atoms with Crippen molar-refractivity contribution < 1.29 is 13.9 Å². The molecule has 0 aliphatic rings. The first-order valence-corrected chi connectivity index (χ1v) is 5.29. The van der Waals surface area contributed by atoms with Crippen LogP contribution in [-0.4, -0.2) is 22.6 Å². The van der Waals surface area contributed by atoms with Gasteiger partial charge in [0.1, 0.15) is 18.0 Å². The predicted octanol–water partition coefficient (Wildman–Crippen LogP) is 2.03. The third kappa shape index (κ3) is 2.02. The van der Waals surface area contributed by atoms with Gasteiger partial charge in [0.15, 0.2) is 5.69 Å². The van der Waals surface area contributed by atoms with Crippen LogP contribution < -0.4 is 5.73 Å². The fraction of sp³-hybridized carbons (Fsp3) is 0.0909. The first-order valence-electron chi connectivity index (χ1n) is 4.91. The Balaban J connectivity index is 2.48. The Labute approximate surface area is 107 Å². The Morgan fingerprint density at radius 3 is 2.89 bits per heavy atom. The van der Waals surface area contributed by atoms with Gasteiger partial charge < -0.3 is 10.5 Å². The second-order valence-electron chi connectivity index (χ2n) is 3.44. The molecular weight excluding hydrogens is 261 g/mol. The van der Waals surface area contributed by atoms with Crippen LogP contribution in [0.3, 0.4) is 0 Å². The van der Waals surface area contributed by atoms with E-state index in [2.05, 4.69) is 9.72 Å². The van der Waals surface area contributed by atoms with E-state index < -0.39 is 11.8 Å². The molecule has 0 fully saturated rings. The maximum Gasteiger partial charge on any atom is 0.360 e. The maximum atomic E-state index is 13.3. The molecular formula is C11H9ClFN3O2. The van der Waals surface area contributed by atoms with Gasteiger partial charge in [-0.1, -0.05) is 11.6 Å². The van der Waals surface area contributed by atoms with Crippen molar-refractivity contribution in [2.45, 2.75) is 0 Å². The van der Waals surface area contributed by atoms with Crippen molar-refractivity contribution in [2.24, 2.45) is 0 Å². The molecule has 0 bridgehead atoms. The van der Waals surface area contributed by atoms with Crippen molar-refractivity contribution in [1.82, 2.24) is 9.55 Å². The molecule has 0 aliphatic heterocycles. The molecule has 0 aliphatic carbocycles. The summed E-state index contributed by atoms with van der Waals surface area (Å²) in [5.41, 5.74) is 6.14. The number of imidazole rings is 1. The zero-order chi connectivity index (χ0) is 13.3. The number of ether oxygens (including phenoxy) is 1. The van der Waals surface area contributed by atoms with Crippen LogP contribution in [0, 0.1) is 5.82 Å². The largest absolute Gasteiger partial charge is 0.464 e. The lowest BCUT2D eigenvalue weighted by molar-refractivity contribution is 0.0596. The summed E-state index contributed by atoms with van der Waals surface area (Å²) in [5, 5.41) is 0.00521. The van der Waals surface area contributed by atoms with Gasteiger partial charge in [0.05, 0.1) is 17.8 Å². The molecule has 18 heavy (non-hydrogen) atoms. The van der Waals surface area contributed by atoms with E-state index in [1.165, 1.54) is 30.1 Å². The molecule has 5 nitrogen and oxygen atoms in total. The van der Waals surface area contributed by atoms with Crippen LogP contribution in [0.15, 0.2) is 24.5 Å². The summed E-state index contributed by atoms with van der Waals surface area (Å²) in [5.74, 6) is -1.16. The van der Waals surface area contributed by atoms with Crippen LogP contribution >= 0.6 is 11.6 Å². The van der Waals surface area contributed by atoms with Gasteiger partial charge in [-0.15, -0.1) is 0 Å². The first kappa shape index (κ1) is 12.4. The Morgan fingerprint density at radius 1 is 1.56 bits per heavy atom. The van der Waals surface area contributed by atoms with Crippen LogP contribution in [-0.2, 0) is 4.74 Å². The average molecular weight is 270 g/mol. The molecule has 2 aromatic rings. The summed E-state index contributed by atoms with van der Waals surface area (Å²) in [7, 11) is 1.22. The van der Waals surface area contributed by atoms with Gasteiger partial charge in [-0.05, 0) is 18.2 Å². The normalized spacial score (nSPS) is 10.4. The number of aromatic nitrogens is 2. The second kappa shape index (κ2) is 4.66. The molecule has 1 aromatic carbocycles. The summed E-state index contributed by atoms with van der Waals surface area (Å²) < 4.78 is 19.2. The molecule has 1 heterocycles. The smallest absolute Gasteiger partial charge is 0.360 e. The van der Waals surface area contributed by atoms with Crippen molar-refractivity contribution in [3.63, 3.8) is 0 Å². The minimum absolute atomic E-state index is 0.00521. The average Bonchev–Trinajstić information content (AvgIpc) is 2.74. The Bertz CT molecular complexity index is 612. The van der Waals surface area contributed by atoms with Crippen molar-refractivity contribution >= 4 is 23.4 Å². The highest BCUT2D eigenvalue weighted by Crippen LogP contribution is 2.22. The van der Waals surface area contributed by atoms with Crippen molar-refractivity contribution in [3.8, 4) is 5.69 Å². The van der Waals surface area contributed by atoms with Crippen LogP contribution in [0.2, 0.25) is 5.02 Å². The molecule has 94 valence electrons. The van der Waals surface area contributed by atoms with Crippen molar-refractivity contribution in [3.05, 3.63) is 41.1 Å². The Kier molecular flexibility index (Phi) is 3.20. The first-order chi connectivity index (χ1) is 8.54. The number of carbonyl (C=O) groups excluding carboxylic acids is 1. The molecule has 2 N–H and O–H groups in total. The molecule has 0 spiro atoms. The lowest BCUT2D eigenvalue weighted by Gasteiger charge is -2.06. The molecule has 2 rings (SSSR count). The van der Waals surface area contributed by atoms with E-state index in [1.54, 1.807) is 6.07 Å². The van der Waals surface area contributed by atoms with E-state index >= 15 is 0 Å². The number of nitrogens with two attached hydrogens (primary N) is 1. The van der Waals surface area contributed by atoms with Crippen LogP contribution in [0.4, 0.5) is 10.2 Å². The number of halogens is 2. The topological polar surface area (TPSA) is 70.1 Å². The summed E-state index contributed by atoms with van der Waals surface area (Å²) >= 11 is 5.58. The number of nitrogen functional groups attached to an aromatic ring is 1. The predicted molar refractivity (Wildman–Crippen MR) is 64.3 cm³/mol. The minimum Gasteiger partial charge on any atom is -0.464 e. The van der Waals surface area contributed by atoms with Gasteiger partial charge in [-0.2, -0.15) is 0 Å². The zero-order valence-corrected chi connectivity index (χ0v) is 10.1. The fourth-order valence-electron chi connectivity index (χ4n) is 1.45. The number of rotatable bonds is 2. The molecule has 0 atom stereocenters. The van der Waals surface area contributed by atoms with E-state index in [0.717, 1.165) is 0 Å². The fourth-order valence-corrected chi connectivity index (χ4v) is 1.57.